The van der Waals surface area contributed by atoms with Crippen LogP contribution in [0.2, 0.25) is 0 Å². The van der Waals surface area contributed by atoms with E-state index in [9.17, 15) is 8.42 Å². The van der Waals surface area contributed by atoms with Gasteiger partial charge in [0.15, 0.2) is 0 Å². The van der Waals surface area contributed by atoms with Crippen LogP contribution in [-0.4, -0.2) is 14.5 Å². The van der Waals surface area contributed by atoms with Gasteiger partial charge in [-0.05, 0) is 31.9 Å². The summed E-state index contributed by atoms with van der Waals surface area (Å²) in [5.74, 6) is 0.0534. The van der Waals surface area contributed by atoms with Gasteiger partial charge in [-0.25, -0.2) is 13.1 Å². The molecule has 4 heteroatoms. The molecule has 0 bridgehead atoms. The van der Waals surface area contributed by atoms with Crippen LogP contribution in [0.3, 0.4) is 0 Å². The van der Waals surface area contributed by atoms with Crippen molar-refractivity contribution in [2.45, 2.75) is 32.6 Å². The number of hydrogen-bond acceptors (Lipinski definition) is 2. The number of nitrogens with one attached hydrogen (secondary N) is 1. The molecule has 0 saturated heterocycles. The highest BCUT2D eigenvalue weighted by atomic mass is 32.2. The third-order valence-electron chi connectivity index (χ3n) is 2.02. The minimum absolute atomic E-state index is 0.0534. The van der Waals surface area contributed by atoms with Crippen LogP contribution in [0.5, 0.6) is 0 Å². The number of rotatable bonds is 4. The Hall–Kier alpha value is -0.870. The van der Waals surface area contributed by atoms with Crippen molar-refractivity contribution < 1.29 is 8.42 Å². The van der Waals surface area contributed by atoms with Crippen molar-refractivity contribution >= 4 is 10.0 Å². The van der Waals surface area contributed by atoms with Crippen LogP contribution < -0.4 is 4.72 Å². The molecule has 3 nitrogen and oxygen atoms in total. The van der Waals surface area contributed by atoms with Crippen LogP contribution >= 0.6 is 0 Å². The molecule has 0 heterocycles. The molecule has 0 aromatic heterocycles. The number of hydrogen-bond donors (Lipinski definition) is 1. The molecule has 0 aliphatic heterocycles. The lowest BCUT2D eigenvalue weighted by molar-refractivity contribution is 0.569. The summed E-state index contributed by atoms with van der Waals surface area (Å²) in [4.78, 5) is 0. The van der Waals surface area contributed by atoms with Gasteiger partial charge in [0.2, 0.25) is 10.0 Å². The summed E-state index contributed by atoms with van der Waals surface area (Å²) in [5.41, 5.74) is 1.86. The first-order valence-electron chi connectivity index (χ1n) is 4.95. The van der Waals surface area contributed by atoms with Gasteiger partial charge in [0.05, 0.1) is 5.75 Å². The molecule has 0 radical (unpaired) electrons. The third-order valence-corrected chi connectivity index (χ3v) is 3.54. The molecule has 15 heavy (non-hydrogen) atoms. The molecule has 1 aromatic rings. The fraction of sp³-hybridized carbons (Fsp3) is 0.455. The second kappa shape index (κ2) is 4.77. The van der Waals surface area contributed by atoms with E-state index in [1.54, 1.807) is 0 Å². The van der Waals surface area contributed by atoms with Gasteiger partial charge in [-0.2, -0.15) is 0 Å². The molecule has 1 rings (SSSR count). The van der Waals surface area contributed by atoms with Crippen molar-refractivity contribution in [2.24, 2.45) is 0 Å². The van der Waals surface area contributed by atoms with Gasteiger partial charge in [0.25, 0.3) is 0 Å². The van der Waals surface area contributed by atoms with Crippen LogP contribution in [0.25, 0.3) is 0 Å². The number of sulfonamides is 1. The van der Waals surface area contributed by atoms with Gasteiger partial charge in [-0.1, -0.05) is 24.3 Å². The zero-order valence-electron chi connectivity index (χ0n) is 9.32. The Morgan fingerprint density at radius 2 is 1.87 bits per heavy atom. The van der Waals surface area contributed by atoms with Gasteiger partial charge in [0.1, 0.15) is 0 Å². The Bertz CT molecular complexity index is 424. The normalized spacial score (nSPS) is 12.0. The maximum Gasteiger partial charge on any atom is 0.216 e. The Kier molecular flexibility index (Phi) is 3.88. The maximum absolute atomic E-state index is 11.7. The lowest BCUT2D eigenvalue weighted by Crippen LogP contribution is -2.31. The van der Waals surface area contributed by atoms with E-state index < -0.39 is 10.0 Å². The van der Waals surface area contributed by atoms with Crippen molar-refractivity contribution in [3.8, 4) is 0 Å². The molecule has 0 amide bonds. The molecule has 1 N–H and O–H groups in total. The molecule has 84 valence electrons. The summed E-state index contributed by atoms with van der Waals surface area (Å²) >= 11 is 0. The summed E-state index contributed by atoms with van der Waals surface area (Å²) in [6.45, 7) is 5.55. The second-order valence-corrected chi connectivity index (χ2v) is 5.71. The second-order valence-electron chi connectivity index (χ2n) is 3.96. The standard InChI is InChI=1S/C11H17NO2S/c1-9(2)12-15(13,14)8-11-7-5-4-6-10(11)3/h4-7,9,12H,8H2,1-3H3. The predicted molar refractivity (Wildman–Crippen MR) is 62.1 cm³/mol. The zero-order valence-corrected chi connectivity index (χ0v) is 10.1. The summed E-state index contributed by atoms with van der Waals surface area (Å²) in [5, 5.41) is 0. The van der Waals surface area contributed by atoms with E-state index in [2.05, 4.69) is 4.72 Å². The topological polar surface area (TPSA) is 46.2 Å². The molecule has 1 aromatic carbocycles. The highest BCUT2D eigenvalue weighted by Gasteiger charge is 2.13. The first-order valence-corrected chi connectivity index (χ1v) is 6.60. The fourth-order valence-corrected chi connectivity index (χ4v) is 2.91. The van der Waals surface area contributed by atoms with Crippen LogP contribution in [0, 0.1) is 6.92 Å². The fourth-order valence-electron chi connectivity index (χ4n) is 1.38. The highest BCUT2D eigenvalue weighted by molar-refractivity contribution is 7.88. The quantitative estimate of drug-likeness (QED) is 0.853. The predicted octanol–water partition coefficient (Wildman–Crippen LogP) is 1.82. The van der Waals surface area contributed by atoms with Crippen LogP contribution in [-0.2, 0) is 15.8 Å². The molecule has 0 aliphatic carbocycles. The zero-order chi connectivity index (χ0) is 11.5. The Morgan fingerprint density at radius 1 is 1.27 bits per heavy atom. The summed E-state index contributed by atoms with van der Waals surface area (Å²) in [6.07, 6.45) is 0. The molecule has 0 unspecified atom stereocenters. The van der Waals surface area contributed by atoms with Gasteiger partial charge < -0.3 is 0 Å². The highest BCUT2D eigenvalue weighted by Crippen LogP contribution is 2.10. The Morgan fingerprint density at radius 3 is 2.40 bits per heavy atom. The maximum atomic E-state index is 11.7. The van der Waals surface area contributed by atoms with Crippen molar-refractivity contribution in [1.29, 1.82) is 0 Å². The van der Waals surface area contributed by atoms with Gasteiger partial charge in [-0.15, -0.1) is 0 Å². The lowest BCUT2D eigenvalue weighted by atomic mass is 10.1. The van der Waals surface area contributed by atoms with E-state index in [0.717, 1.165) is 11.1 Å². The Balaban J connectivity index is 2.83. The van der Waals surface area contributed by atoms with E-state index in [1.807, 2.05) is 45.0 Å². The van der Waals surface area contributed by atoms with E-state index in [0.29, 0.717) is 0 Å². The van der Waals surface area contributed by atoms with Crippen LogP contribution in [0.1, 0.15) is 25.0 Å². The Labute approximate surface area is 91.6 Å². The van der Waals surface area contributed by atoms with Crippen LogP contribution in [0.4, 0.5) is 0 Å². The lowest BCUT2D eigenvalue weighted by Gasteiger charge is -2.10. The molecular formula is C11H17NO2S. The van der Waals surface area contributed by atoms with Gasteiger partial charge in [0, 0.05) is 6.04 Å². The van der Waals surface area contributed by atoms with Gasteiger partial charge in [-0.3, -0.25) is 0 Å². The van der Waals surface area contributed by atoms with E-state index in [4.69, 9.17) is 0 Å². The summed E-state index contributed by atoms with van der Waals surface area (Å²) < 4.78 is 25.9. The first kappa shape index (κ1) is 12.2. The molecule has 0 saturated carbocycles. The molecule has 0 atom stereocenters. The van der Waals surface area contributed by atoms with Crippen LogP contribution in [0.15, 0.2) is 24.3 Å². The molecule has 0 aliphatic rings. The average molecular weight is 227 g/mol. The van der Waals surface area contributed by atoms with Crippen molar-refractivity contribution in [2.75, 3.05) is 0 Å². The minimum Gasteiger partial charge on any atom is -0.212 e. The van der Waals surface area contributed by atoms with Crippen molar-refractivity contribution in [1.82, 2.24) is 4.72 Å². The van der Waals surface area contributed by atoms with E-state index >= 15 is 0 Å². The van der Waals surface area contributed by atoms with Crippen molar-refractivity contribution in [3.05, 3.63) is 35.4 Å². The third kappa shape index (κ3) is 4.01. The molecular weight excluding hydrogens is 210 g/mol. The van der Waals surface area contributed by atoms with E-state index in [-0.39, 0.29) is 11.8 Å². The molecule has 0 spiro atoms. The monoisotopic (exact) mass is 227 g/mol. The smallest absolute Gasteiger partial charge is 0.212 e. The number of aryl methyl sites for hydroxylation is 1. The minimum atomic E-state index is -3.21. The van der Waals surface area contributed by atoms with Gasteiger partial charge >= 0.3 is 0 Å². The van der Waals surface area contributed by atoms with E-state index in [1.165, 1.54) is 0 Å². The summed E-state index contributed by atoms with van der Waals surface area (Å²) in [7, 11) is -3.21. The SMILES string of the molecule is Cc1ccccc1CS(=O)(=O)NC(C)C. The largest absolute Gasteiger partial charge is 0.216 e. The molecule has 0 fully saturated rings. The van der Waals surface area contributed by atoms with Crippen molar-refractivity contribution in [3.63, 3.8) is 0 Å². The average Bonchev–Trinajstić information content (AvgIpc) is 2.06. The first-order chi connectivity index (χ1) is 6.91. The number of benzene rings is 1. The summed E-state index contributed by atoms with van der Waals surface area (Å²) in [6, 6.07) is 7.46.